The fraction of sp³-hybridized carbons (Fsp3) is 0.600. The Bertz CT molecular complexity index is 620. The maximum atomic E-state index is 11.8. The summed E-state index contributed by atoms with van der Waals surface area (Å²) in [7, 11) is 1.80. The number of nitrogens with one attached hydrogen (secondary N) is 2. The molecule has 0 radical (unpaired) electrons. The largest absolute Gasteiger partial charge is 0.356 e. The fourth-order valence-corrected chi connectivity index (χ4v) is 3.76. The maximum absolute atomic E-state index is 11.8. The highest BCUT2D eigenvalue weighted by Crippen LogP contribution is 2.16. The number of amides is 1. The van der Waals surface area contributed by atoms with Crippen molar-refractivity contribution >= 4 is 27.8 Å². The molecule has 0 spiro atoms. The van der Waals surface area contributed by atoms with Gasteiger partial charge in [0.15, 0.2) is 5.96 Å². The minimum atomic E-state index is 0.234. The Balaban J connectivity index is 1.81. The Hall–Kier alpha value is -1.56. The molecule has 1 aliphatic heterocycles. The van der Waals surface area contributed by atoms with Crippen LogP contribution in [0, 0.1) is 5.92 Å². The molecule has 1 aliphatic rings. The number of hydrogen-bond acceptors (Lipinski definition) is 2. The summed E-state index contributed by atoms with van der Waals surface area (Å²) in [5, 5.41) is 6.93. The van der Waals surface area contributed by atoms with Gasteiger partial charge in [-0.3, -0.25) is 9.79 Å². The SMILES string of the molecule is CCC(=O)N1CCC(NC(=NC)NCC(CC)Cc2cccc(Br)c2)C1. The Morgan fingerprint density at radius 1 is 1.42 bits per heavy atom. The number of carbonyl (C=O) groups excluding carboxylic acids is 1. The van der Waals surface area contributed by atoms with E-state index in [0.717, 1.165) is 49.3 Å². The van der Waals surface area contributed by atoms with Gasteiger partial charge in [0, 0.05) is 43.6 Å². The van der Waals surface area contributed by atoms with Crippen LogP contribution in [-0.4, -0.2) is 49.5 Å². The summed E-state index contributed by atoms with van der Waals surface area (Å²) in [6, 6.07) is 8.79. The standard InChI is InChI=1S/C20H31BrN4O/c1-4-15(11-16-7-6-8-17(21)12-16)13-23-20(22-3)24-18-9-10-25(14-18)19(26)5-2/h6-8,12,15,18H,4-5,9-11,13-14H2,1-3H3,(H2,22,23,24). The molecule has 0 saturated carbocycles. The van der Waals surface area contributed by atoms with Crippen LogP contribution < -0.4 is 10.6 Å². The molecule has 1 heterocycles. The van der Waals surface area contributed by atoms with Crippen molar-refractivity contribution in [2.24, 2.45) is 10.9 Å². The Morgan fingerprint density at radius 3 is 2.88 bits per heavy atom. The smallest absolute Gasteiger partial charge is 0.222 e. The second-order valence-electron chi connectivity index (χ2n) is 6.88. The van der Waals surface area contributed by atoms with Crippen LogP contribution in [0.2, 0.25) is 0 Å². The fourth-order valence-electron chi connectivity index (χ4n) is 3.32. The van der Waals surface area contributed by atoms with Crippen molar-refractivity contribution in [1.82, 2.24) is 15.5 Å². The van der Waals surface area contributed by atoms with Gasteiger partial charge in [0.25, 0.3) is 0 Å². The predicted octanol–water partition coefficient (Wildman–Crippen LogP) is 3.19. The van der Waals surface area contributed by atoms with Crippen LogP contribution in [0.1, 0.15) is 38.7 Å². The second-order valence-corrected chi connectivity index (χ2v) is 7.80. The lowest BCUT2D eigenvalue weighted by atomic mass is 9.97. The van der Waals surface area contributed by atoms with Crippen LogP contribution in [0.3, 0.4) is 0 Å². The third-order valence-electron chi connectivity index (χ3n) is 4.96. The quantitative estimate of drug-likeness (QED) is 0.523. The lowest BCUT2D eigenvalue weighted by Crippen LogP contribution is -2.46. The van der Waals surface area contributed by atoms with E-state index in [1.54, 1.807) is 7.05 Å². The Labute approximate surface area is 165 Å². The van der Waals surface area contributed by atoms with Crippen molar-refractivity contribution in [3.05, 3.63) is 34.3 Å². The number of guanidine groups is 1. The molecule has 2 atom stereocenters. The van der Waals surface area contributed by atoms with Crippen molar-refractivity contribution < 1.29 is 4.79 Å². The number of benzene rings is 1. The highest BCUT2D eigenvalue weighted by molar-refractivity contribution is 9.10. The van der Waals surface area contributed by atoms with Gasteiger partial charge in [-0.25, -0.2) is 0 Å². The van der Waals surface area contributed by atoms with Gasteiger partial charge in [0.2, 0.25) is 5.91 Å². The van der Waals surface area contributed by atoms with Crippen LogP contribution in [0.5, 0.6) is 0 Å². The third-order valence-corrected chi connectivity index (χ3v) is 5.45. The van der Waals surface area contributed by atoms with E-state index in [1.807, 2.05) is 11.8 Å². The normalized spacial score (nSPS) is 18.7. The van der Waals surface area contributed by atoms with E-state index in [4.69, 9.17) is 0 Å². The average molecular weight is 423 g/mol. The van der Waals surface area contributed by atoms with E-state index in [1.165, 1.54) is 5.56 Å². The summed E-state index contributed by atoms with van der Waals surface area (Å²) in [5.41, 5.74) is 1.35. The molecular formula is C20H31BrN4O. The van der Waals surface area contributed by atoms with Gasteiger partial charge >= 0.3 is 0 Å². The molecular weight excluding hydrogens is 392 g/mol. The minimum absolute atomic E-state index is 0.234. The van der Waals surface area contributed by atoms with Crippen LogP contribution in [0.25, 0.3) is 0 Å². The van der Waals surface area contributed by atoms with Crippen molar-refractivity contribution in [1.29, 1.82) is 0 Å². The third kappa shape index (κ3) is 6.31. The first-order chi connectivity index (χ1) is 12.5. The molecule has 0 aliphatic carbocycles. The van der Waals surface area contributed by atoms with E-state index < -0.39 is 0 Å². The Morgan fingerprint density at radius 2 is 2.23 bits per heavy atom. The van der Waals surface area contributed by atoms with Crippen molar-refractivity contribution in [3.63, 3.8) is 0 Å². The molecule has 2 rings (SSSR count). The molecule has 1 fully saturated rings. The predicted molar refractivity (Wildman–Crippen MR) is 111 cm³/mol. The minimum Gasteiger partial charge on any atom is -0.356 e. The molecule has 144 valence electrons. The zero-order valence-electron chi connectivity index (χ0n) is 16.1. The van der Waals surface area contributed by atoms with Crippen molar-refractivity contribution in [2.45, 2.75) is 45.6 Å². The molecule has 0 bridgehead atoms. The number of carbonyl (C=O) groups is 1. The average Bonchev–Trinajstić information content (AvgIpc) is 3.11. The first-order valence-electron chi connectivity index (χ1n) is 9.55. The zero-order chi connectivity index (χ0) is 18.9. The van der Waals surface area contributed by atoms with Crippen molar-refractivity contribution in [3.8, 4) is 0 Å². The summed E-state index contributed by atoms with van der Waals surface area (Å²) in [4.78, 5) is 18.1. The lowest BCUT2D eigenvalue weighted by Gasteiger charge is -2.21. The molecule has 0 aromatic heterocycles. The first-order valence-corrected chi connectivity index (χ1v) is 10.3. The maximum Gasteiger partial charge on any atom is 0.222 e. The van der Waals surface area contributed by atoms with Gasteiger partial charge < -0.3 is 15.5 Å². The van der Waals surface area contributed by atoms with Crippen LogP contribution in [0.15, 0.2) is 33.7 Å². The summed E-state index contributed by atoms with van der Waals surface area (Å²) in [6.07, 6.45) is 3.70. The van der Waals surface area contributed by atoms with E-state index >= 15 is 0 Å². The number of halogens is 1. The van der Waals surface area contributed by atoms with Crippen LogP contribution in [0.4, 0.5) is 0 Å². The molecule has 1 aromatic rings. The van der Waals surface area contributed by atoms with Crippen LogP contribution in [-0.2, 0) is 11.2 Å². The molecule has 1 aromatic carbocycles. The zero-order valence-corrected chi connectivity index (χ0v) is 17.7. The molecule has 2 N–H and O–H groups in total. The monoisotopic (exact) mass is 422 g/mol. The van der Waals surface area contributed by atoms with Gasteiger partial charge in [0.1, 0.15) is 0 Å². The summed E-state index contributed by atoms with van der Waals surface area (Å²) in [5.74, 6) is 1.61. The van der Waals surface area contributed by atoms with Gasteiger partial charge in [-0.05, 0) is 36.5 Å². The summed E-state index contributed by atoms with van der Waals surface area (Å²) in [6.45, 7) is 6.63. The molecule has 26 heavy (non-hydrogen) atoms. The number of hydrogen-bond donors (Lipinski definition) is 2. The second kappa shape index (κ2) is 10.6. The van der Waals surface area contributed by atoms with Gasteiger partial charge in [-0.2, -0.15) is 0 Å². The van der Waals surface area contributed by atoms with Crippen molar-refractivity contribution in [2.75, 3.05) is 26.7 Å². The molecule has 2 unspecified atom stereocenters. The van der Waals surface area contributed by atoms with Crippen LogP contribution >= 0.6 is 15.9 Å². The topological polar surface area (TPSA) is 56.7 Å². The summed E-state index contributed by atoms with van der Waals surface area (Å²) >= 11 is 3.54. The molecule has 1 saturated heterocycles. The number of likely N-dealkylation sites (tertiary alicyclic amines) is 1. The summed E-state index contributed by atoms with van der Waals surface area (Å²) < 4.78 is 1.13. The van der Waals surface area contributed by atoms with Gasteiger partial charge in [0.05, 0.1) is 0 Å². The van der Waals surface area contributed by atoms with Gasteiger partial charge in [-0.15, -0.1) is 0 Å². The first kappa shape index (κ1) is 20.7. The van der Waals surface area contributed by atoms with E-state index in [-0.39, 0.29) is 11.9 Å². The molecule has 5 nitrogen and oxygen atoms in total. The number of aliphatic imine (C=N–C) groups is 1. The van der Waals surface area contributed by atoms with Gasteiger partial charge in [-0.1, -0.05) is 48.3 Å². The lowest BCUT2D eigenvalue weighted by molar-refractivity contribution is -0.129. The number of rotatable bonds is 7. The molecule has 1 amide bonds. The van der Waals surface area contributed by atoms with E-state index in [9.17, 15) is 4.79 Å². The van der Waals surface area contributed by atoms with E-state index in [2.05, 4.69) is 62.7 Å². The highest BCUT2D eigenvalue weighted by Gasteiger charge is 2.25. The molecule has 6 heteroatoms. The Kier molecular flexibility index (Phi) is 8.42. The number of nitrogens with zero attached hydrogens (tertiary/aromatic N) is 2. The highest BCUT2D eigenvalue weighted by atomic mass is 79.9. The van der Waals surface area contributed by atoms with E-state index in [0.29, 0.717) is 12.3 Å².